The first-order valence-corrected chi connectivity index (χ1v) is 2.99. The predicted molar refractivity (Wildman–Crippen MR) is 36.1 cm³/mol. The topological polar surface area (TPSA) is 51.8 Å². The summed E-state index contributed by atoms with van der Waals surface area (Å²) >= 11 is 0. The molecule has 11 heavy (non-hydrogen) atoms. The summed E-state index contributed by atoms with van der Waals surface area (Å²) in [5.41, 5.74) is 4.89. The molecule has 0 bridgehead atoms. The summed E-state index contributed by atoms with van der Waals surface area (Å²) in [6.45, 7) is 1.52. The zero-order chi connectivity index (χ0) is 8.43. The summed E-state index contributed by atoms with van der Waals surface area (Å²) in [5, 5.41) is 0. The zero-order valence-electron chi connectivity index (χ0n) is 5.88. The van der Waals surface area contributed by atoms with Crippen LogP contribution in [0.1, 0.15) is 17.9 Å². The van der Waals surface area contributed by atoms with Crippen LogP contribution in [0.25, 0.3) is 0 Å². The van der Waals surface area contributed by atoms with Gasteiger partial charge in [0.05, 0.1) is 0 Å². The van der Waals surface area contributed by atoms with Crippen molar-refractivity contribution in [3.63, 3.8) is 0 Å². The smallest absolute Gasteiger partial charge is 0.280 e. The SMILES string of the molecule is Cc1nc(N)cc(C(F)F)n1. The van der Waals surface area contributed by atoms with E-state index in [2.05, 4.69) is 9.97 Å². The van der Waals surface area contributed by atoms with Crippen molar-refractivity contribution in [1.82, 2.24) is 9.97 Å². The average molecular weight is 159 g/mol. The van der Waals surface area contributed by atoms with Gasteiger partial charge in [0.25, 0.3) is 6.43 Å². The Labute approximate surface area is 62.3 Å². The lowest BCUT2D eigenvalue weighted by Crippen LogP contribution is -1.99. The number of halogens is 2. The first-order valence-electron chi connectivity index (χ1n) is 2.99. The minimum Gasteiger partial charge on any atom is -0.384 e. The molecule has 0 aromatic carbocycles. The maximum atomic E-state index is 12.0. The molecule has 0 aliphatic heterocycles. The Morgan fingerprint density at radius 1 is 1.45 bits per heavy atom. The molecule has 0 atom stereocenters. The van der Waals surface area contributed by atoms with E-state index < -0.39 is 6.43 Å². The third-order valence-corrected chi connectivity index (χ3v) is 1.10. The van der Waals surface area contributed by atoms with E-state index in [1.807, 2.05) is 0 Å². The molecule has 0 spiro atoms. The molecule has 0 radical (unpaired) electrons. The minimum absolute atomic E-state index is 0.0767. The van der Waals surface area contributed by atoms with E-state index in [4.69, 9.17) is 5.73 Å². The number of aromatic nitrogens is 2. The van der Waals surface area contributed by atoms with Crippen molar-refractivity contribution in [3.05, 3.63) is 17.6 Å². The zero-order valence-corrected chi connectivity index (χ0v) is 5.88. The van der Waals surface area contributed by atoms with Crippen LogP contribution in [-0.2, 0) is 0 Å². The number of hydrogen-bond acceptors (Lipinski definition) is 3. The Balaban J connectivity index is 3.08. The first kappa shape index (κ1) is 7.84. The second kappa shape index (κ2) is 2.77. The van der Waals surface area contributed by atoms with Crippen molar-refractivity contribution >= 4 is 5.82 Å². The highest BCUT2D eigenvalue weighted by Crippen LogP contribution is 2.17. The Morgan fingerprint density at radius 2 is 2.09 bits per heavy atom. The van der Waals surface area contributed by atoms with Gasteiger partial charge < -0.3 is 5.73 Å². The fourth-order valence-electron chi connectivity index (χ4n) is 0.727. The fraction of sp³-hybridized carbons (Fsp3) is 0.333. The van der Waals surface area contributed by atoms with Crippen LogP contribution in [0.4, 0.5) is 14.6 Å². The first-order chi connectivity index (χ1) is 5.09. The highest BCUT2D eigenvalue weighted by molar-refractivity contribution is 5.29. The number of anilines is 1. The lowest BCUT2D eigenvalue weighted by molar-refractivity contribution is 0.145. The molecule has 0 amide bonds. The second-order valence-electron chi connectivity index (χ2n) is 2.07. The van der Waals surface area contributed by atoms with E-state index in [1.165, 1.54) is 6.92 Å². The molecule has 1 heterocycles. The van der Waals surface area contributed by atoms with Crippen LogP contribution < -0.4 is 5.73 Å². The number of aryl methyl sites for hydroxylation is 1. The molecule has 1 rings (SSSR count). The molecule has 0 unspecified atom stereocenters. The minimum atomic E-state index is -2.58. The van der Waals surface area contributed by atoms with Crippen LogP contribution in [0.5, 0.6) is 0 Å². The van der Waals surface area contributed by atoms with Gasteiger partial charge in [0.15, 0.2) is 0 Å². The van der Waals surface area contributed by atoms with Crippen molar-refractivity contribution in [2.24, 2.45) is 0 Å². The number of nitrogens with two attached hydrogens (primary N) is 1. The van der Waals surface area contributed by atoms with Crippen LogP contribution in [0.15, 0.2) is 6.07 Å². The maximum absolute atomic E-state index is 12.0. The third kappa shape index (κ3) is 1.83. The van der Waals surface area contributed by atoms with Crippen molar-refractivity contribution < 1.29 is 8.78 Å². The largest absolute Gasteiger partial charge is 0.384 e. The number of nitrogens with zero attached hydrogens (tertiary/aromatic N) is 2. The van der Waals surface area contributed by atoms with Gasteiger partial charge in [-0.05, 0) is 6.92 Å². The van der Waals surface area contributed by atoms with Gasteiger partial charge in [-0.25, -0.2) is 18.7 Å². The summed E-state index contributed by atoms with van der Waals surface area (Å²) < 4.78 is 24.0. The molecule has 3 nitrogen and oxygen atoms in total. The molecular formula is C6H7F2N3. The summed E-state index contributed by atoms with van der Waals surface area (Å²) in [6, 6.07) is 1.07. The number of alkyl halides is 2. The molecule has 2 N–H and O–H groups in total. The molecule has 0 aliphatic carbocycles. The molecule has 60 valence electrons. The molecular weight excluding hydrogens is 152 g/mol. The Kier molecular flexibility index (Phi) is 1.98. The van der Waals surface area contributed by atoms with Crippen LogP contribution in [0.2, 0.25) is 0 Å². The van der Waals surface area contributed by atoms with Crippen molar-refractivity contribution in [2.75, 3.05) is 5.73 Å². The van der Waals surface area contributed by atoms with Gasteiger partial charge in [0, 0.05) is 6.07 Å². The highest BCUT2D eigenvalue weighted by atomic mass is 19.3. The average Bonchev–Trinajstić information content (AvgIpc) is 1.85. The van der Waals surface area contributed by atoms with E-state index in [0.717, 1.165) is 6.07 Å². The van der Waals surface area contributed by atoms with Gasteiger partial charge in [-0.2, -0.15) is 0 Å². The van der Waals surface area contributed by atoms with Gasteiger partial charge in [0.2, 0.25) is 0 Å². The Morgan fingerprint density at radius 3 is 2.55 bits per heavy atom. The van der Waals surface area contributed by atoms with E-state index in [0.29, 0.717) is 0 Å². The summed E-state index contributed by atoms with van der Waals surface area (Å²) in [6.07, 6.45) is -2.58. The van der Waals surface area contributed by atoms with Gasteiger partial charge in [-0.3, -0.25) is 0 Å². The lowest BCUT2D eigenvalue weighted by Gasteiger charge is -2.00. The van der Waals surface area contributed by atoms with Crippen molar-refractivity contribution in [2.45, 2.75) is 13.3 Å². The fourth-order valence-corrected chi connectivity index (χ4v) is 0.727. The number of rotatable bonds is 1. The van der Waals surface area contributed by atoms with E-state index in [9.17, 15) is 8.78 Å². The summed E-state index contributed by atoms with van der Waals surface area (Å²) in [5.74, 6) is 0.341. The van der Waals surface area contributed by atoms with Gasteiger partial charge in [-0.15, -0.1) is 0 Å². The van der Waals surface area contributed by atoms with Crippen molar-refractivity contribution in [1.29, 1.82) is 0 Å². The standard InChI is InChI=1S/C6H7F2N3/c1-3-10-4(6(7)8)2-5(9)11-3/h2,6H,1H3,(H2,9,10,11). The number of nitrogen functional groups attached to an aromatic ring is 1. The van der Waals surface area contributed by atoms with Crippen LogP contribution in [-0.4, -0.2) is 9.97 Å². The highest BCUT2D eigenvalue weighted by Gasteiger charge is 2.09. The maximum Gasteiger partial charge on any atom is 0.280 e. The van der Waals surface area contributed by atoms with Crippen LogP contribution >= 0.6 is 0 Å². The Bertz CT molecular complexity index is 242. The molecule has 0 saturated heterocycles. The van der Waals surface area contributed by atoms with E-state index >= 15 is 0 Å². The van der Waals surface area contributed by atoms with Gasteiger partial charge in [0.1, 0.15) is 17.3 Å². The van der Waals surface area contributed by atoms with E-state index in [-0.39, 0.29) is 17.3 Å². The van der Waals surface area contributed by atoms with Gasteiger partial charge >= 0.3 is 0 Å². The molecule has 0 fully saturated rings. The monoisotopic (exact) mass is 159 g/mol. The van der Waals surface area contributed by atoms with Gasteiger partial charge in [-0.1, -0.05) is 0 Å². The Hall–Kier alpha value is -1.26. The summed E-state index contributed by atoms with van der Waals surface area (Å²) in [4.78, 5) is 7.14. The third-order valence-electron chi connectivity index (χ3n) is 1.10. The lowest BCUT2D eigenvalue weighted by atomic mass is 10.4. The van der Waals surface area contributed by atoms with Crippen molar-refractivity contribution in [3.8, 4) is 0 Å². The van der Waals surface area contributed by atoms with Crippen LogP contribution in [0.3, 0.4) is 0 Å². The molecule has 0 aliphatic rings. The molecule has 1 aromatic rings. The molecule has 0 saturated carbocycles. The second-order valence-corrected chi connectivity index (χ2v) is 2.07. The van der Waals surface area contributed by atoms with E-state index in [1.54, 1.807) is 0 Å². The molecule has 5 heteroatoms. The van der Waals surface area contributed by atoms with Crippen LogP contribution in [0, 0.1) is 6.92 Å². The predicted octanol–water partition coefficient (Wildman–Crippen LogP) is 1.30. The quantitative estimate of drug-likeness (QED) is 0.672. The number of hydrogen-bond donors (Lipinski definition) is 1. The normalized spacial score (nSPS) is 10.5. The summed E-state index contributed by atoms with van der Waals surface area (Å²) in [7, 11) is 0. The molecule has 1 aromatic heterocycles.